The zero-order chi connectivity index (χ0) is 19.5. The molecule has 1 aliphatic carbocycles. The molecule has 0 amide bonds. The Hall–Kier alpha value is -3.46. The Morgan fingerprint density at radius 3 is 2.54 bits per heavy atom. The minimum Gasteiger partial charge on any atom is -0.258 e. The van der Waals surface area contributed by atoms with Crippen LogP contribution in [0.2, 0.25) is 0 Å². The molecule has 0 bridgehead atoms. The Bertz CT molecular complexity index is 1130. The molecule has 28 heavy (non-hydrogen) atoms. The van der Waals surface area contributed by atoms with Crippen molar-refractivity contribution in [3.8, 4) is 0 Å². The lowest BCUT2D eigenvalue weighted by Crippen LogP contribution is -1.87. The van der Waals surface area contributed by atoms with Crippen LogP contribution in [0.15, 0.2) is 90.5 Å². The van der Waals surface area contributed by atoms with Crippen molar-refractivity contribution < 1.29 is 4.92 Å². The number of nitro groups is 1. The van der Waals surface area contributed by atoms with Crippen LogP contribution in [0.25, 0.3) is 21.9 Å². The maximum atomic E-state index is 10.8. The molecular formula is C25H21NO2. The number of hydrogen-bond donors (Lipinski definition) is 0. The molecule has 0 fully saturated rings. The third-order valence-electron chi connectivity index (χ3n) is 5.23. The van der Waals surface area contributed by atoms with Crippen molar-refractivity contribution in [3.05, 3.63) is 112 Å². The maximum absolute atomic E-state index is 10.8. The predicted molar refractivity (Wildman–Crippen MR) is 116 cm³/mol. The van der Waals surface area contributed by atoms with Gasteiger partial charge in [0.25, 0.3) is 5.69 Å². The Kier molecular flexibility index (Phi) is 4.90. The van der Waals surface area contributed by atoms with Gasteiger partial charge in [-0.25, -0.2) is 0 Å². The van der Waals surface area contributed by atoms with E-state index in [2.05, 4.69) is 67.6 Å². The first-order valence-electron chi connectivity index (χ1n) is 9.40. The van der Waals surface area contributed by atoms with Crippen LogP contribution in [0.1, 0.15) is 30.9 Å². The zero-order valence-corrected chi connectivity index (χ0v) is 15.8. The summed E-state index contributed by atoms with van der Waals surface area (Å²) in [5.41, 5.74) is 6.17. The van der Waals surface area contributed by atoms with Gasteiger partial charge in [-0.1, -0.05) is 60.2 Å². The fourth-order valence-corrected chi connectivity index (χ4v) is 3.53. The molecule has 0 spiro atoms. The second kappa shape index (κ2) is 7.65. The third-order valence-corrected chi connectivity index (χ3v) is 5.23. The minimum absolute atomic E-state index is 0.125. The van der Waals surface area contributed by atoms with Gasteiger partial charge in [0.15, 0.2) is 0 Å². The van der Waals surface area contributed by atoms with Crippen molar-refractivity contribution >= 4 is 27.6 Å². The van der Waals surface area contributed by atoms with Crippen LogP contribution in [0.5, 0.6) is 0 Å². The molecule has 0 unspecified atom stereocenters. The van der Waals surface area contributed by atoms with Crippen molar-refractivity contribution in [2.45, 2.75) is 19.8 Å². The highest BCUT2D eigenvalue weighted by Crippen LogP contribution is 2.30. The molecule has 1 aliphatic rings. The van der Waals surface area contributed by atoms with Gasteiger partial charge in [0.2, 0.25) is 0 Å². The highest BCUT2D eigenvalue weighted by Gasteiger charge is 2.10. The molecule has 4 rings (SSSR count). The van der Waals surface area contributed by atoms with E-state index in [1.54, 1.807) is 12.1 Å². The van der Waals surface area contributed by atoms with Gasteiger partial charge in [-0.05, 0) is 71.0 Å². The van der Waals surface area contributed by atoms with Crippen LogP contribution in [-0.4, -0.2) is 4.92 Å². The van der Waals surface area contributed by atoms with E-state index in [1.165, 1.54) is 27.5 Å². The first-order chi connectivity index (χ1) is 13.6. The molecule has 0 saturated heterocycles. The summed E-state index contributed by atoms with van der Waals surface area (Å²) in [6.45, 7) is 2.16. The normalized spacial score (nSPS) is 14.1. The Labute approximate surface area is 164 Å². The maximum Gasteiger partial charge on any atom is 0.269 e. The van der Waals surface area contributed by atoms with Gasteiger partial charge >= 0.3 is 0 Å². The van der Waals surface area contributed by atoms with E-state index in [9.17, 15) is 10.1 Å². The van der Waals surface area contributed by atoms with Crippen LogP contribution >= 0.6 is 0 Å². The second-order valence-corrected chi connectivity index (χ2v) is 7.12. The second-order valence-electron chi connectivity index (χ2n) is 7.12. The van der Waals surface area contributed by atoms with E-state index in [0.29, 0.717) is 0 Å². The number of rotatable bonds is 5. The largest absolute Gasteiger partial charge is 0.269 e. The first kappa shape index (κ1) is 17.9. The Morgan fingerprint density at radius 1 is 1.04 bits per heavy atom. The summed E-state index contributed by atoms with van der Waals surface area (Å²) in [5.74, 6) is 0. The highest BCUT2D eigenvalue weighted by molar-refractivity contribution is 5.86. The number of nitrogens with zero attached hydrogens (tertiary/aromatic N) is 1. The van der Waals surface area contributed by atoms with Crippen molar-refractivity contribution in [1.29, 1.82) is 0 Å². The summed E-state index contributed by atoms with van der Waals surface area (Å²) in [5, 5.41) is 13.3. The molecule has 3 nitrogen and oxygen atoms in total. The summed E-state index contributed by atoms with van der Waals surface area (Å²) >= 11 is 0. The molecule has 3 aromatic carbocycles. The van der Waals surface area contributed by atoms with E-state index < -0.39 is 0 Å². The average Bonchev–Trinajstić information content (AvgIpc) is 3.21. The third kappa shape index (κ3) is 3.79. The van der Waals surface area contributed by atoms with Crippen molar-refractivity contribution in [3.63, 3.8) is 0 Å². The Balaban J connectivity index is 1.47. The number of nitro benzene ring substituents is 1. The van der Waals surface area contributed by atoms with Crippen molar-refractivity contribution in [2.24, 2.45) is 0 Å². The summed E-state index contributed by atoms with van der Waals surface area (Å²) in [6.07, 6.45) is 8.50. The molecule has 138 valence electrons. The van der Waals surface area contributed by atoms with E-state index in [1.807, 2.05) is 12.1 Å². The lowest BCUT2D eigenvalue weighted by molar-refractivity contribution is -0.384. The molecule has 0 N–H and O–H groups in total. The zero-order valence-electron chi connectivity index (χ0n) is 15.8. The summed E-state index contributed by atoms with van der Waals surface area (Å²) in [4.78, 5) is 10.4. The van der Waals surface area contributed by atoms with Crippen LogP contribution in [0.3, 0.4) is 0 Å². The van der Waals surface area contributed by atoms with Crippen molar-refractivity contribution in [2.75, 3.05) is 0 Å². The van der Waals surface area contributed by atoms with Gasteiger partial charge in [0, 0.05) is 12.1 Å². The van der Waals surface area contributed by atoms with Crippen LogP contribution in [0.4, 0.5) is 5.69 Å². The average molecular weight is 367 g/mol. The van der Waals surface area contributed by atoms with Gasteiger partial charge in [-0.15, -0.1) is 0 Å². The molecular weight excluding hydrogens is 346 g/mol. The van der Waals surface area contributed by atoms with E-state index in [0.717, 1.165) is 24.0 Å². The summed E-state index contributed by atoms with van der Waals surface area (Å²) in [7, 11) is 0. The fraction of sp³-hybridized carbons (Fsp3) is 0.120. The molecule has 0 atom stereocenters. The molecule has 0 aromatic heterocycles. The van der Waals surface area contributed by atoms with Crippen LogP contribution in [0, 0.1) is 10.1 Å². The fourth-order valence-electron chi connectivity index (χ4n) is 3.53. The molecule has 0 radical (unpaired) electrons. The number of allylic oxidation sites excluding steroid dienone is 6. The molecule has 0 aliphatic heterocycles. The predicted octanol–water partition coefficient (Wildman–Crippen LogP) is 6.96. The number of non-ortho nitro benzene ring substituents is 1. The first-order valence-corrected chi connectivity index (χ1v) is 9.40. The van der Waals surface area contributed by atoms with Crippen LogP contribution in [-0.2, 0) is 0 Å². The van der Waals surface area contributed by atoms with Gasteiger partial charge in [-0.3, -0.25) is 10.1 Å². The monoisotopic (exact) mass is 367 g/mol. The molecule has 3 heteroatoms. The summed E-state index contributed by atoms with van der Waals surface area (Å²) in [6, 6.07) is 21.8. The lowest BCUT2D eigenvalue weighted by atomic mass is 10.0. The van der Waals surface area contributed by atoms with E-state index in [4.69, 9.17) is 0 Å². The minimum atomic E-state index is -0.367. The SMILES string of the molecule is C/C(=C/CC1=CC(c2ccc([N+](=O)[O-])cc2)=CC1)c1ccc2ccccc2c1. The van der Waals surface area contributed by atoms with Gasteiger partial charge in [-0.2, -0.15) is 0 Å². The van der Waals surface area contributed by atoms with E-state index in [-0.39, 0.29) is 10.6 Å². The lowest BCUT2D eigenvalue weighted by Gasteiger charge is -2.05. The molecule has 3 aromatic rings. The van der Waals surface area contributed by atoms with Gasteiger partial charge in [0.05, 0.1) is 4.92 Å². The molecule has 0 saturated carbocycles. The van der Waals surface area contributed by atoms with Crippen LogP contribution < -0.4 is 0 Å². The van der Waals surface area contributed by atoms with E-state index >= 15 is 0 Å². The topological polar surface area (TPSA) is 43.1 Å². The van der Waals surface area contributed by atoms with Gasteiger partial charge in [0.1, 0.15) is 0 Å². The number of hydrogen-bond acceptors (Lipinski definition) is 2. The Morgan fingerprint density at radius 2 is 1.79 bits per heavy atom. The molecule has 0 heterocycles. The highest BCUT2D eigenvalue weighted by atomic mass is 16.6. The smallest absolute Gasteiger partial charge is 0.258 e. The summed E-state index contributed by atoms with van der Waals surface area (Å²) < 4.78 is 0. The van der Waals surface area contributed by atoms with Gasteiger partial charge < -0.3 is 0 Å². The quantitative estimate of drug-likeness (QED) is 0.361. The number of fused-ring (bicyclic) bond motifs is 1. The van der Waals surface area contributed by atoms with Crippen molar-refractivity contribution in [1.82, 2.24) is 0 Å². The standard InChI is InChI=1S/C25H21NO2/c1-18(22-11-10-20-4-2-3-5-23(20)17-22)6-7-19-8-9-24(16-19)21-12-14-25(15-13-21)26(27)28/h2-6,9-17H,7-8H2,1H3/b18-6-. The number of benzene rings is 3.